The molecule has 1 aromatic carbocycles. The number of aryl methyl sites for hydroxylation is 2. The molecule has 6 heteroatoms. The highest BCUT2D eigenvalue weighted by molar-refractivity contribution is 5.42. The summed E-state index contributed by atoms with van der Waals surface area (Å²) in [6.07, 6.45) is 0. The second-order valence-corrected chi connectivity index (χ2v) is 5.32. The van der Waals surface area contributed by atoms with Crippen LogP contribution in [0.5, 0.6) is 0 Å². The van der Waals surface area contributed by atoms with E-state index in [0.717, 1.165) is 44.2 Å². The van der Waals surface area contributed by atoms with Gasteiger partial charge in [0, 0.05) is 26.2 Å². The first-order valence-corrected chi connectivity index (χ1v) is 7.02. The number of rotatable bonds is 3. The molecule has 1 aliphatic rings. The van der Waals surface area contributed by atoms with Crippen LogP contribution in [0, 0.1) is 13.8 Å². The average molecular weight is 272 g/mol. The standard InChI is InChI=1S/C14H20N6/c1-11-3-4-12(2)13(9-11)20-14(16-17-18-20)10-19-7-5-15-6-8-19/h3-4,9,15H,5-8,10H2,1-2H3. The SMILES string of the molecule is Cc1ccc(C)c(-n2nnnc2CN2CCNCC2)c1. The van der Waals surface area contributed by atoms with E-state index in [1.54, 1.807) is 0 Å². The van der Waals surface area contributed by atoms with E-state index in [4.69, 9.17) is 0 Å². The van der Waals surface area contributed by atoms with E-state index in [1.165, 1.54) is 11.1 Å². The lowest BCUT2D eigenvalue weighted by molar-refractivity contribution is 0.226. The number of nitrogens with zero attached hydrogens (tertiary/aromatic N) is 5. The molecule has 1 N–H and O–H groups in total. The van der Waals surface area contributed by atoms with E-state index < -0.39 is 0 Å². The Kier molecular flexibility index (Phi) is 3.75. The molecule has 0 saturated carbocycles. The zero-order valence-electron chi connectivity index (χ0n) is 12.0. The van der Waals surface area contributed by atoms with Gasteiger partial charge in [-0.05, 0) is 41.5 Å². The lowest BCUT2D eigenvalue weighted by Gasteiger charge is -2.26. The summed E-state index contributed by atoms with van der Waals surface area (Å²) in [4.78, 5) is 2.38. The van der Waals surface area contributed by atoms with Crippen LogP contribution in [0.3, 0.4) is 0 Å². The van der Waals surface area contributed by atoms with Gasteiger partial charge >= 0.3 is 0 Å². The van der Waals surface area contributed by atoms with Crippen LogP contribution < -0.4 is 5.32 Å². The van der Waals surface area contributed by atoms with Crippen LogP contribution in [0.15, 0.2) is 18.2 Å². The van der Waals surface area contributed by atoms with Crippen LogP contribution in [-0.4, -0.2) is 51.3 Å². The minimum absolute atomic E-state index is 0.794. The molecule has 0 spiro atoms. The summed E-state index contributed by atoms with van der Waals surface area (Å²) in [5, 5.41) is 15.6. The summed E-state index contributed by atoms with van der Waals surface area (Å²) in [5.74, 6) is 0.903. The fourth-order valence-corrected chi connectivity index (χ4v) is 2.51. The third-order valence-corrected chi connectivity index (χ3v) is 3.70. The van der Waals surface area contributed by atoms with Crippen molar-refractivity contribution in [1.82, 2.24) is 30.4 Å². The summed E-state index contributed by atoms with van der Waals surface area (Å²) in [6, 6.07) is 6.35. The van der Waals surface area contributed by atoms with Crippen molar-refractivity contribution in [3.63, 3.8) is 0 Å². The molecule has 1 aromatic heterocycles. The van der Waals surface area contributed by atoms with E-state index in [9.17, 15) is 0 Å². The molecule has 106 valence electrons. The van der Waals surface area contributed by atoms with Crippen molar-refractivity contribution in [3.05, 3.63) is 35.2 Å². The van der Waals surface area contributed by atoms with Gasteiger partial charge in [-0.3, -0.25) is 4.90 Å². The third kappa shape index (κ3) is 2.71. The first kappa shape index (κ1) is 13.2. The Morgan fingerprint density at radius 1 is 1.20 bits per heavy atom. The third-order valence-electron chi connectivity index (χ3n) is 3.70. The van der Waals surface area contributed by atoms with E-state index in [1.807, 2.05) is 4.68 Å². The van der Waals surface area contributed by atoms with Gasteiger partial charge in [0.25, 0.3) is 0 Å². The van der Waals surface area contributed by atoms with Gasteiger partial charge in [-0.1, -0.05) is 12.1 Å². The summed E-state index contributed by atoms with van der Waals surface area (Å²) in [5.41, 5.74) is 3.47. The Bertz CT molecular complexity index is 585. The van der Waals surface area contributed by atoms with E-state index in [2.05, 4.69) is 57.8 Å². The highest BCUT2D eigenvalue weighted by Gasteiger charge is 2.16. The van der Waals surface area contributed by atoms with Gasteiger partial charge in [0.05, 0.1) is 12.2 Å². The van der Waals surface area contributed by atoms with Gasteiger partial charge in [-0.25, -0.2) is 0 Å². The van der Waals surface area contributed by atoms with Crippen LogP contribution in [0.4, 0.5) is 0 Å². The molecule has 2 aromatic rings. The maximum Gasteiger partial charge on any atom is 0.170 e. The number of benzene rings is 1. The van der Waals surface area contributed by atoms with Crippen LogP contribution in [-0.2, 0) is 6.54 Å². The van der Waals surface area contributed by atoms with Crippen molar-refractivity contribution >= 4 is 0 Å². The van der Waals surface area contributed by atoms with Crippen LogP contribution in [0.1, 0.15) is 17.0 Å². The molecule has 0 amide bonds. The predicted molar refractivity (Wildman–Crippen MR) is 76.8 cm³/mol. The number of piperazine rings is 1. The van der Waals surface area contributed by atoms with Crippen LogP contribution in [0.2, 0.25) is 0 Å². The summed E-state index contributed by atoms with van der Waals surface area (Å²) >= 11 is 0. The zero-order valence-corrected chi connectivity index (χ0v) is 12.0. The lowest BCUT2D eigenvalue weighted by Crippen LogP contribution is -2.43. The predicted octanol–water partition coefficient (Wildman–Crippen LogP) is 0.684. The molecule has 20 heavy (non-hydrogen) atoms. The first-order chi connectivity index (χ1) is 9.74. The molecular formula is C14H20N6. The normalized spacial score (nSPS) is 16.5. The Hall–Kier alpha value is -1.79. The van der Waals surface area contributed by atoms with Crippen molar-refractivity contribution < 1.29 is 0 Å². The van der Waals surface area contributed by atoms with Gasteiger partial charge in [0.2, 0.25) is 0 Å². The van der Waals surface area contributed by atoms with Gasteiger partial charge < -0.3 is 5.32 Å². The van der Waals surface area contributed by atoms with Crippen molar-refractivity contribution in [2.45, 2.75) is 20.4 Å². The monoisotopic (exact) mass is 272 g/mol. The van der Waals surface area contributed by atoms with Gasteiger partial charge in [0.1, 0.15) is 0 Å². The molecule has 0 radical (unpaired) electrons. The summed E-state index contributed by atoms with van der Waals surface area (Å²) in [6.45, 7) is 9.12. The van der Waals surface area contributed by atoms with Crippen LogP contribution in [0.25, 0.3) is 5.69 Å². The molecule has 0 aliphatic carbocycles. The van der Waals surface area contributed by atoms with Gasteiger partial charge in [-0.15, -0.1) is 5.10 Å². The lowest BCUT2D eigenvalue weighted by atomic mass is 10.1. The second kappa shape index (κ2) is 5.68. The van der Waals surface area contributed by atoms with E-state index >= 15 is 0 Å². The van der Waals surface area contributed by atoms with Crippen molar-refractivity contribution in [2.75, 3.05) is 26.2 Å². The molecular weight excluding hydrogens is 252 g/mol. The Labute approximate surface area is 118 Å². The maximum absolute atomic E-state index is 4.20. The molecule has 3 rings (SSSR count). The van der Waals surface area contributed by atoms with Crippen LogP contribution >= 0.6 is 0 Å². The Morgan fingerprint density at radius 2 is 2.00 bits per heavy atom. The highest BCUT2D eigenvalue weighted by atomic mass is 15.5. The van der Waals surface area contributed by atoms with Crippen molar-refractivity contribution in [1.29, 1.82) is 0 Å². The van der Waals surface area contributed by atoms with E-state index in [-0.39, 0.29) is 0 Å². The second-order valence-electron chi connectivity index (χ2n) is 5.32. The molecule has 0 unspecified atom stereocenters. The van der Waals surface area contributed by atoms with Crippen molar-refractivity contribution in [2.24, 2.45) is 0 Å². The quantitative estimate of drug-likeness (QED) is 0.890. The fourth-order valence-electron chi connectivity index (χ4n) is 2.51. The maximum atomic E-state index is 4.20. The summed E-state index contributed by atoms with van der Waals surface area (Å²) in [7, 11) is 0. The smallest absolute Gasteiger partial charge is 0.170 e. The van der Waals surface area contributed by atoms with Gasteiger partial charge in [-0.2, -0.15) is 4.68 Å². The van der Waals surface area contributed by atoms with Crippen molar-refractivity contribution in [3.8, 4) is 5.69 Å². The first-order valence-electron chi connectivity index (χ1n) is 7.02. The zero-order chi connectivity index (χ0) is 13.9. The minimum atomic E-state index is 0.794. The topological polar surface area (TPSA) is 58.9 Å². The Balaban J connectivity index is 1.87. The molecule has 0 atom stereocenters. The summed E-state index contributed by atoms with van der Waals surface area (Å²) < 4.78 is 1.87. The number of tetrazole rings is 1. The largest absolute Gasteiger partial charge is 0.314 e. The Morgan fingerprint density at radius 3 is 2.80 bits per heavy atom. The molecule has 1 fully saturated rings. The molecule has 0 bridgehead atoms. The average Bonchev–Trinajstić information content (AvgIpc) is 2.91. The molecule has 1 saturated heterocycles. The highest BCUT2D eigenvalue weighted by Crippen LogP contribution is 2.16. The minimum Gasteiger partial charge on any atom is -0.314 e. The molecule has 6 nitrogen and oxygen atoms in total. The van der Waals surface area contributed by atoms with E-state index in [0.29, 0.717) is 0 Å². The molecule has 1 aliphatic heterocycles. The number of hydrogen-bond acceptors (Lipinski definition) is 5. The number of aromatic nitrogens is 4. The number of hydrogen-bond donors (Lipinski definition) is 1. The fraction of sp³-hybridized carbons (Fsp3) is 0.500. The number of nitrogens with one attached hydrogen (secondary N) is 1. The van der Waals surface area contributed by atoms with Gasteiger partial charge in [0.15, 0.2) is 5.82 Å². The molecule has 2 heterocycles.